The summed E-state index contributed by atoms with van der Waals surface area (Å²) in [5, 5.41) is 12.3. The van der Waals surface area contributed by atoms with E-state index in [2.05, 4.69) is 10.3 Å². The van der Waals surface area contributed by atoms with Crippen LogP contribution >= 0.6 is 0 Å². The third-order valence-corrected chi connectivity index (χ3v) is 3.43. The summed E-state index contributed by atoms with van der Waals surface area (Å²) in [6, 6.07) is 3.85. The zero-order valence-corrected chi connectivity index (χ0v) is 10.5. The first-order valence-electron chi connectivity index (χ1n) is 6.41. The second kappa shape index (κ2) is 5.77. The van der Waals surface area contributed by atoms with Crippen molar-refractivity contribution in [1.82, 2.24) is 4.98 Å². The number of hydrogen-bond acceptors (Lipinski definition) is 3. The van der Waals surface area contributed by atoms with Crippen LogP contribution in [0, 0.1) is 5.92 Å². The quantitative estimate of drug-likeness (QED) is 0.890. The van der Waals surface area contributed by atoms with Crippen molar-refractivity contribution in [3.63, 3.8) is 0 Å². The van der Waals surface area contributed by atoms with Crippen molar-refractivity contribution in [2.75, 3.05) is 11.9 Å². The van der Waals surface area contributed by atoms with Crippen LogP contribution < -0.4 is 5.32 Å². The van der Waals surface area contributed by atoms with Gasteiger partial charge in [-0.25, -0.2) is 4.98 Å². The molecule has 0 atom stereocenters. The maximum Gasteiger partial charge on any atom is 0.433 e. The maximum atomic E-state index is 12.5. The minimum Gasteiger partial charge on any atom is -0.393 e. The Bertz CT molecular complexity index is 415. The molecule has 1 heterocycles. The van der Waals surface area contributed by atoms with E-state index in [-0.39, 0.29) is 11.9 Å². The van der Waals surface area contributed by atoms with Crippen molar-refractivity contribution in [3.05, 3.63) is 23.9 Å². The van der Waals surface area contributed by atoms with E-state index in [0.717, 1.165) is 31.7 Å². The van der Waals surface area contributed by atoms with Crippen LogP contribution in [0.3, 0.4) is 0 Å². The minimum atomic E-state index is -4.41. The van der Waals surface area contributed by atoms with Gasteiger partial charge in [-0.2, -0.15) is 13.2 Å². The minimum absolute atomic E-state index is 0.220. The van der Waals surface area contributed by atoms with E-state index in [1.807, 2.05) is 0 Å². The van der Waals surface area contributed by atoms with Crippen molar-refractivity contribution < 1.29 is 18.3 Å². The Balaban J connectivity index is 1.89. The molecule has 0 spiro atoms. The van der Waals surface area contributed by atoms with E-state index < -0.39 is 11.9 Å². The summed E-state index contributed by atoms with van der Waals surface area (Å²) in [5.41, 5.74) is -0.878. The summed E-state index contributed by atoms with van der Waals surface area (Å²) in [7, 11) is 0. The number of halogens is 3. The fraction of sp³-hybridized carbons (Fsp3) is 0.615. The van der Waals surface area contributed by atoms with Gasteiger partial charge >= 0.3 is 6.18 Å². The highest BCUT2D eigenvalue weighted by Crippen LogP contribution is 2.28. The van der Waals surface area contributed by atoms with Crippen LogP contribution in [0.5, 0.6) is 0 Å². The molecular weight excluding hydrogens is 257 g/mol. The summed E-state index contributed by atoms with van der Waals surface area (Å²) >= 11 is 0. The topological polar surface area (TPSA) is 45.1 Å². The molecular formula is C13H17F3N2O. The molecule has 1 aliphatic carbocycles. The third-order valence-electron chi connectivity index (χ3n) is 3.43. The predicted octanol–water partition coefficient (Wildman–Crippen LogP) is 3.06. The van der Waals surface area contributed by atoms with Gasteiger partial charge < -0.3 is 10.4 Å². The molecule has 0 saturated heterocycles. The first-order chi connectivity index (χ1) is 8.95. The van der Waals surface area contributed by atoms with E-state index in [1.54, 1.807) is 0 Å². The number of aliphatic hydroxyl groups is 1. The average molecular weight is 274 g/mol. The fourth-order valence-corrected chi connectivity index (χ4v) is 2.29. The van der Waals surface area contributed by atoms with Crippen LogP contribution in [0.1, 0.15) is 31.4 Å². The van der Waals surface area contributed by atoms with Gasteiger partial charge in [0.15, 0.2) is 0 Å². The van der Waals surface area contributed by atoms with Crippen molar-refractivity contribution >= 4 is 5.82 Å². The highest BCUT2D eigenvalue weighted by molar-refractivity contribution is 5.35. The van der Waals surface area contributed by atoms with Gasteiger partial charge in [0, 0.05) is 6.54 Å². The van der Waals surface area contributed by atoms with Crippen LogP contribution in [0.4, 0.5) is 19.0 Å². The van der Waals surface area contributed by atoms with Crippen molar-refractivity contribution in [2.45, 2.75) is 38.0 Å². The molecule has 0 amide bonds. The zero-order valence-electron chi connectivity index (χ0n) is 10.5. The molecule has 6 heteroatoms. The molecule has 0 unspecified atom stereocenters. The van der Waals surface area contributed by atoms with Crippen LogP contribution in [0.2, 0.25) is 0 Å². The summed E-state index contributed by atoms with van der Waals surface area (Å²) in [5.74, 6) is 0.640. The van der Waals surface area contributed by atoms with Crippen LogP contribution in [0.15, 0.2) is 18.2 Å². The third kappa shape index (κ3) is 4.09. The molecule has 2 N–H and O–H groups in total. The van der Waals surface area contributed by atoms with Gasteiger partial charge in [-0.15, -0.1) is 0 Å². The molecule has 2 rings (SSSR count). The molecule has 3 nitrogen and oxygen atoms in total. The lowest BCUT2D eigenvalue weighted by molar-refractivity contribution is -0.141. The smallest absolute Gasteiger partial charge is 0.393 e. The van der Waals surface area contributed by atoms with Crippen LogP contribution in [-0.2, 0) is 6.18 Å². The Morgan fingerprint density at radius 1 is 1.21 bits per heavy atom. The second-order valence-corrected chi connectivity index (χ2v) is 4.96. The van der Waals surface area contributed by atoms with Crippen LogP contribution in [0.25, 0.3) is 0 Å². The first kappa shape index (κ1) is 14.1. The Labute approximate surface area is 109 Å². The predicted molar refractivity (Wildman–Crippen MR) is 65.7 cm³/mol. The Hall–Kier alpha value is -1.30. The highest BCUT2D eigenvalue weighted by Gasteiger charge is 2.32. The largest absolute Gasteiger partial charge is 0.433 e. The number of hydrogen-bond donors (Lipinski definition) is 2. The number of rotatable bonds is 3. The van der Waals surface area contributed by atoms with E-state index in [9.17, 15) is 18.3 Å². The Morgan fingerprint density at radius 2 is 1.89 bits per heavy atom. The van der Waals surface area contributed by atoms with Gasteiger partial charge in [-0.1, -0.05) is 6.07 Å². The van der Waals surface area contributed by atoms with Gasteiger partial charge in [-0.05, 0) is 43.7 Å². The number of anilines is 1. The summed E-state index contributed by atoms with van der Waals surface area (Å²) in [6.45, 7) is 0.598. The summed E-state index contributed by atoms with van der Waals surface area (Å²) < 4.78 is 37.5. The molecule has 19 heavy (non-hydrogen) atoms. The standard InChI is InChI=1S/C13H17F3N2O/c14-13(15,16)11-2-1-3-12(18-11)17-8-9-4-6-10(19)7-5-9/h1-3,9-10,19H,4-8H2,(H,17,18). The molecule has 1 aromatic heterocycles. The van der Waals surface area contributed by atoms with Gasteiger partial charge in [0.25, 0.3) is 0 Å². The van der Waals surface area contributed by atoms with Gasteiger partial charge in [0.05, 0.1) is 6.10 Å². The molecule has 106 valence electrons. The average Bonchev–Trinajstić information content (AvgIpc) is 2.37. The number of pyridine rings is 1. The van der Waals surface area contributed by atoms with Gasteiger partial charge in [0.1, 0.15) is 11.5 Å². The molecule has 1 fully saturated rings. The Morgan fingerprint density at radius 3 is 2.53 bits per heavy atom. The SMILES string of the molecule is OC1CCC(CNc2cccc(C(F)(F)F)n2)CC1. The van der Waals surface area contributed by atoms with Gasteiger partial charge in [-0.3, -0.25) is 0 Å². The highest BCUT2D eigenvalue weighted by atomic mass is 19.4. The van der Waals surface area contributed by atoms with Crippen molar-refractivity contribution in [1.29, 1.82) is 0 Å². The molecule has 0 aromatic carbocycles. The molecule has 1 saturated carbocycles. The normalized spacial score (nSPS) is 24.2. The van der Waals surface area contributed by atoms with Gasteiger partial charge in [0.2, 0.25) is 0 Å². The fourth-order valence-electron chi connectivity index (χ4n) is 2.29. The lowest BCUT2D eigenvalue weighted by atomic mass is 9.87. The number of aromatic nitrogens is 1. The van der Waals surface area contributed by atoms with E-state index >= 15 is 0 Å². The zero-order chi connectivity index (χ0) is 13.9. The van der Waals surface area contributed by atoms with Crippen molar-refractivity contribution in [2.24, 2.45) is 5.92 Å². The maximum absolute atomic E-state index is 12.5. The molecule has 1 aromatic rings. The Kier molecular flexibility index (Phi) is 4.29. The van der Waals surface area contributed by atoms with E-state index in [1.165, 1.54) is 12.1 Å². The monoisotopic (exact) mass is 274 g/mol. The van der Waals surface area contributed by atoms with E-state index in [0.29, 0.717) is 12.5 Å². The first-order valence-corrected chi connectivity index (χ1v) is 6.41. The van der Waals surface area contributed by atoms with Crippen molar-refractivity contribution in [3.8, 4) is 0 Å². The summed E-state index contributed by atoms with van der Waals surface area (Å²) in [6.07, 6.45) is -1.31. The van der Waals surface area contributed by atoms with E-state index in [4.69, 9.17) is 0 Å². The molecule has 1 aliphatic rings. The van der Waals surface area contributed by atoms with Crippen LogP contribution in [-0.4, -0.2) is 22.7 Å². The number of alkyl halides is 3. The molecule has 0 bridgehead atoms. The second-order valence-electron chi connectivity index (χ2n) is 4.96. The summed E-state index contributed by atoms with van der Waals surface area (Å²) in [4.78, 5) is 3.56. The lowest BCUT2D eigenvalue weighted by Crippen LogP contribution is -2.24. The number of nitrogens with one attached hydrogen (secondary N) is 1. The molecule has 0 aliphatic heterocycles. The molecule has 0 radical (unpaired) electrons. The number of aliphatic hydroxyl groups excluding tert-OH is 1. The number of nitrogens with zero attached hydrogens (tertiary/aromatic N) is 1. The lowest BCUT2D eigenvalue weighted by Gasteiger charge is -2.25.